The zero-order valence-corrected chi connectivity index (χ0v) is 22.2. The predicted octanol–water partition coefficient (Wildman–Crippen LogP) is 4.98. The Morgan fingerprint density at radius 2 is 1.98 bits per heavy atom. The van der Waals surface area contributed by atoms with Crippen molar-refractivity contribution in [2.45, 2.75) is 18.9 Å². The Labute approximate surface area is 235 Å². The zero-order valence-electron chi connectivity index (χ0n) is 20.7. The number of halogens is 3. The molecule has 0 saturated heterocycles. The van der Waals surface area contributed by atoms with Gasteiger partial charge < -0.3 is 14.7 Å². The molecule has 202 valence electrons. The standard InChI is InChI=1S/C26H19Cl2FN8O3/c1-35(26(39)40)15-3-5-17(19(29)11-15)23-24(28)32-25(31-23)21-7-4-16-8-13(9-22(38)37(16)21)18-10-14(27)2-6-20(18)36-12-30-33-34-36/h2-3,5-6,8-12,21H,4,7H2,1H3,(H,31,32)(H,39,40). The van der Waals surface area contributed by atoms with Crippen LogP contribution < -0.4 is 10.5 Å². The molecule has 1 unspecified atom stereocenters. The molecule has 0 fully saturated rings. The van der Waals surface area contributed by atoms with Crippen LogP contribution in [0.25, 0.3) is 28.1 Å². The van der Waals surface area contributed by atoms with E-state index < -0.39 is 18.0 Å². The molecule has 0 saturated carbocycles. The average molecular weight is 581 g/mol. The van der Waals surface area contributed by atoms with Gasteiger partial charge in [-0.05, 0) is 71.3 Å². The molecule has 14 heteroatoms. The molecule has 1 atom stereocenters. The van der Waals surface area contributed by atoms with E-state index in [1.54, 1.807) is 22.8 Å². The van der Waals surface area contributed by atoms with E-state index in [1.807, 2.05) is 6.07 Å². The number of nitrogens with one attached hydrogen (secondary N) is 1. The number of H-pyrrole nitrogens is 1. The molecule has 0 aliphatic carbocycles. The van der Waals surface area contributed by atoms with E-state index in [4.69, 9.17) is 28.3 Å². The Hall–Kier alpha value is -4.55. The molecule has 5 aromatic rings. The molecule has 3 aromatic heterocycles. The van der Waals surface area contributed by atoms with Crippen molar-refractivity contribution in [1.29, 1.82) is 0 Å². The third kappa shape index (κ3) is 4.40. The van der Waals surface area contributed by atoms with Crippen molar-refractivity contribution < 1.29 is 14.3 Å². The van der Waals surface area contributed by atoms with E-state index in [0.717, 1.165) is 16.7 Å². The SMILES string of the molecule is CN(C(=O)O)c1ccc(-c2[nH]c(C3CCc4cc(-c5cc(Cl)ccc5-n5cnnn5)cc(=O)n43)nc2Cl)c(F)c1. The number of anilines is 1. The van der Waals surface area contributed by atoms with E-state index in [-0.39, 0.29) is 27.7 Å². The van der Waals surface area contributed by atoms with E-state index in [1.165, 1.54) is 36.3 Å². The van der Waals surface area contributed by atoms with Crippen molar-refractivity contribution in [3.63, 3.8) is 0 Å². The van der Waals surface area contributed by atoms with Crippen LogP contribution >= 0.6 is 23.2 Å². The van der Waals surface area contributed by atoms with Gasteiger partial charge in [-0.3, -0.25) is 9.69 Å². The number of nitrogens with zero attached hydrogens (tertiary/aromatic N) is 7. The molecular weight excluding hydrogens is 562 g/mol. The summed E-state index contributed by atoms with van der Waals surface area (Å²) >= 11 is 12.7. The topological polar surface area (TPSA) is 135 Å². The maximum absolute atomic E-state index is 15.0. The number of hydrogen-bond donors (Lipinski definition) is 2. The van der Waals surface area contributed by atoms with Crippen molar-refractivity contribution in [2.75, 3.05) is 11.9 Å². The summed E-state index contributed by atoms with van der Waals surface area (Å²) in [6, 6.07) is 12.3. The summed E-state index contributed by atoms with van der Waals surface area (Å²) in [6.07, 6.45) is 1.40. The number of aryl methyl sites for hydroxylation is 1. The lowest BCUT2D eigenvalue weighted by Crippen LogP contribution is -2.24. The smallest absolute Gasteiger partial charge is 0.411 e. The van der Waals surface area contributed by atoms with Gasteiger partial charge >= 0.3 is 6.09 Å². The lowest BCUT2D eigenvalue weighted by Gasteiger charge is -2.15. The quantitative estimate of drug-likeness (QED) is 0.299. The summed E-state index contributed by atoms with van der Waals surface area (Å²) in [7, 11) is 1.32. The number of pyridine rings is 1. The molecule has 1 aliphatic rings. The molecular formula is C26H19Cl2FN8O3. The minimum atomic E-state index is -1.22. The second-order valence-electron chi connectivity index (χ2n) is 9.21. The molecule has 2 N–H and O–H groups in total. The molecule has 1 amide bonds. The molecule has 40 heavy (non-hydrogen) atoms. The van der Waals surface area contributed by atoms with Crippen molar-refractivity contribution in [3.05, 3.63) is 92.7 Å². The first-order valence-corrected chi connectivity index (χ1v) is 12.8. The Bertz CT molecular complexity index is 1840. The number of tetrazole rings is 1. The summed E-state index contributed by atoms with van der Waals surface area (Å²) in [5, 5.41) is 21.0. The number of carboxylic acid groups (broad SMARTS) is 1. The highest BCUT2D eigenvalue weighted by atomic mass is 35.5. The number of aromatic amines is 1. The third-order valence-electron chi connectivity index (χ3n) is 6.89. The minimum absolute atomic E-state index is 0.0383. The van der Waals surface area contributed by atoms with Crippen molar-refractivity contribution in [2.24, 2.45) is 0 Å². The average Bonchev–Trinajstić information content (AvgIpc) is 3.68. The van der Waals surface area contributed by atoms with E-state index >= 15 is 0 Å². The zero-order chi connectivity index (χ0) is 28.1. The normalized spacial score (nSPS) is 14.3. The highest BCUT2D eigenvalue weighted by molar-refractivity contribution is 6.32. The van der Waals surface area contributed by atoms with Crippen LogP contribution in [0.2, 0.25) is 10.2 Å². The van der Waals surface area contributed by atoms with Crippen LogP contribution in [0.15, 0.2) is 59.7 Å². The van der Waals surface area contributed by atoms with Crippen molar-refractivity contribution in [1.82, 2.24) is 34.7 Å². The predicted molar refractivity (Wildman–Crippen MR) is 146 cm³/mol. The van der Waals surface area contributed by atoms with Gasteiger partial charge in [0.05, 0.1) is 17.4 Å². The monoisotopic (exact) mass is 580 g/mol. The molecule has 4 heterocycles. The molecule has 6 rings (SSSR count). The Morgan fingerprint density at radius 1 is 1.15 bits per heavy atom. The third-order valence-corrected chi connectivity index (χ3v) is 7.40. The second-order valence-corrected chi connectivity index (χ2v) is 10.0. The Balaban J connectivity index is 1.36. The lowest BCUT2D eigenvalue weighted by atomic mass is 10.0. The number of carbonyl (C=O) groups is 1. The number of fused-ring (bicyclic) bond motifs is 1. The summed E-state index contributed by atoms with van der Waals surface area (Å²) in [5.74, 6) is -0.256. The first-order valence-electron chi connectivity index (χ1n) is 12.0. The van der Waals surface area contributed by atoms with Crippen LogP contribution in [-0.4, -0.2) is 53.0 Å². The van der Waals surface area contributed by atoms with Gasteiger partial charge in [-0.25, -0.2) is 14.2 Å². The fourth-order valence-corrected chi connectivity index (χ4v) is 5.36. The molecule has 0 radical (unpaired) electrons. The lowest BCUT2D eigenvalue weighted by molar-refractivity contribution is 0.203. The largest absolute Gasteiger partial charge is 0.465 e. The van der Waals surface area contributed by atoms with Crippen LogP contribution in [0.5, 0.6) is 0 Å². The first kappa shape index (κ1) is 25.7. The first-order chi connectivity index (χ1) is 19.2. The summed E-state index contributed by atoms with van der Waals surface area (Å²) < 4.78 is 18.1. The molecule has 0 spiro atoms. The van der Waals surface area contributed by atoms with Gasteiger partial charge in [-0.15, -0.1) is 5.10 Å². The summed E-state index contributed by atoms with van der Waals surface area (Å²) in [6.45, 7) is 0. The molecule has 0 bridgehead atoms. The van der Waals surface area contributed by atoms with Gasteiger partial charge in [0.1, 0.15) is 18.0 Å². The van der Waals surface area contributed by atoms with Gasteiger partial charge in [0, 0.05) is 40.6 Å². The van der Waals surface area contributed by atoms with E-state index in [0.29, 0.717) is 40.5 Å². The number of imidazole rings is 1. The molecule has 11 nitrogen and oxygen atoms in total. The van der Waals surface area contributed by atoms with E-state index in [9.17, 15) is 14.0 Å². The highest BCUT2D eigenvalue weighted by Gasteiger charge is 2.29. The summed E-state index contributed by atoms with van der Waals surface area (Å²) in [5.41, 5.74) is 3.09. The number of aromatic nitrogens is 7. The number of hydrogen-bond acceptors (Lipinski definition) is 6. The maximum atomic E-state index is 15.0. The minimum Gasteiger partial charge on any atom is -0.465 e. The highest BCUT2D eigenvalue weighted by Crippen LogP contribution is 2.37. The van der Waals surface area contributed by atoms with Gasteiger partial charge in [0.2, 0.25) is 0 Å². The van der Waals surface area contributed by atoms with Gasteiger partial charge in [0.25, 0.3) is 5.56 Å². The van der Waals surface area contributed by atoms with Crippen LogP contribution in [0.4, 0.5) is 14.9 Å². The van der Waals surface area contributed by atoms with E-state index in [2.05, 4.69) is 25.5 Å². The van der Waals surface area contributed by atoms with Crippen molar-refractivity contribution >= 4 is 35.0 Å². The van der Waals surface area contributed by atoms with Gasteiger partial charge in [-0.1, -0.05) is 23.2 Å². The van der Waals surface area contributed by atoms with Crippen LogP contribution in [0, 0.1) is 5.82 Å². The summed E-state index contributed by atoms with van der Waals surface area (Å²) in [4.78, 5) is 33.0. The van der Waals surface area contributed by atoms with Crippen LogP contribution in [0.3, 0.4) is 0 Å². The fraction of sp³-hybridized carbons (Fsp3) is 0.154. The van der Waals surface area contributed by atoms with Gasteiger partial charge in [-0.2, -0.15) is 4.68 Å². The molecule has 2 aromatic carbocycles. The van der Waals surface area contributed by atoms with Crippen LogP contribution in [0.1, 0.15) is 24.0 Å². The number of rotatable bonds is 5. The Morgan fingerprint density at radius 3 is 2.70 bits per heavy atom. The fourth-order valence-electron chi connectivity index (χ4n) is 4.95. The van der Waals surface area contributed by atoms with Gasteiger partial charge in [0.15, 0.2) is 5.15 Å². The Kier molecular flexibility index (Phi) is 6.35. The molecule has 1 aliphatic heterocycles. The number of amides is 1. The number of benzene rings is 2. The maximum Gasteiger partial charge on any atom is 0.411 e. The van der Waals surface area contributed by atoms with Crippen molar-refractivity contribution in [3.8, 4) is 28.1 Å². The van der Waals surface area contributed by atoms with Crippen LogP contribution in [-0.2, 0) is 6.42 Å². The second kappa shape index (κ2) is 9.88.